The maximum Gasteiger partial charge on any atom is 0.259 e. The number of nitrogens with zero attached hydrogens (tertiary/aromatic N) is 2. The number of sulfonamides is 1. The second-order valence-electron chi connectivity index (χ2n) is 10.6. The number of carbonyl (C=O) groups is 1. The van der Waals surface area contributed by atoms with E-state index in [-0.39, 0.29) is 39.5 Å². The van der Waals surface area contributed by atoms with E-state index in [0.29, 0.717) is 38.7 Å². The number of aryl methyl sites for hydroxylation is 2. The van der Waals surface area contributed by atoms with Gasteiger partial charge in [-0.1, -0.05) is 6.07 Å². The molecule has 230 valence electrons. The summed E-state index contributed by atoms with van der Waals surface area (Å²) in [4.78, 5) is 26.7. The van der Waals surface area contributed by atoms with Crippen molar-refractivity contribution in [3.05, 3.63) is 100 Å². The average Bonchev–Trinajstić information content (AvgIpc) is 3.56. The normalized spacial score (nSPS) is 11.8. The Bertz CT molecular complexity index is 2320. The van der Waals surface area contributed by atoms with E-state index in [1.165, 1.54) is 54.9 Å². The number of pyridine rings is 1. The van der Waals surface area contributed by atoms with Gasteiger partial charge < -0.3 is 18.9 Å². The highest BCUT2D eigenvalue weighted by Gasteiger charge is 2.25. The summed E-state index contributed by atoms with van der Waals surface area (Å²) < 4.78 is 65.8. The third-order valence-corrected chi connectivity index (χ3v) is 9.13. The van der Waals surface area contributed by atoms with Crippen LogP contribution < -0.4 is 15.6 Å². The van der Waals surface area contributed by atoms with Gasteiger partial charge in [-0.05, 0) is 61.5 Å². The Hall–Kier alpha value is -5.23. The van der Waals surface area contributed by atoms with Gasteiger partial charge in [0.2, 0.25) is 10.0 Å². The lowest BCUT2D eigenvalue weighted by Gasteiger charge is -2.15. The zero-order valence-electron chi connectivity index (χ0n) is 24.7. The summed E-state index contributed by atoms with van der Waals surface area (Å²) in [6, 6.07) is 16.4. The summed E-state index contributed by atoms with van der Waals surface area (Å²) in [5.74, 6) is -1.41. The van der Waals surface area contributed by atoms with E-state index in [1.807, 2.05) is 0 Å². The number of benzene rings is 3. The second kappa shape index (κ2) is 11.0. The molecule has 0 saturated carbocycles. The predicted molar refractivity (Wildman–Crippen MR) is 171 cm³/mol. The molecule has 12 heteroatoms. The zero-order valence-corrected chi connectivity index (χ0v) is 25.6. The first-order valence-corrected chi connectivity index (χ1v) is 15.6. The van der Waals surface area contributed by atoms with E-state index in [1.54, 1.807) is 55.2 Å². The number of nitrogens with one attached hydrogen (secondary N) is 2. The van der Waals surface area contributed by atoms with Crippen LogP contribution in [0.1, 0.15) is 17.3 Å². The number of halogens is 2. The van der Waals surface area contributed by atoms with Crippen LogP contribution in [0.4, 0.5) is 14.5 Å². The molecule has 0 saturated heterocycles. The van der Waals surface area contributed by atoms with Gasteiger partial charge in [0.15, 0.2) is 0 Å². The first kappa shape index (κ1) is 29.8. The minimum atomic E-state index is -3.79. The van der Waals surface area contributed by atoms with Crippen LogP contribution in [0.5, 0.6) is 0 Å². The maximum absolute atomic E-state index is 14.7. The number of carbonyl (C=O) groups excluding carboxylic acids is 1. The molecule has 1 amide bonds. The number of furan rings is 1. The molecule has 0 aliphatic carbocycles. The van der Waals surface area contributed by atoms with Crippen molar-refractivity contribution in [1.29, 1.82) is 0 Å². The highest BCUT2D eigenvalue weighted by atomic mass is 32.2. The smallest absolute Gasteiger partial charge is 0.259 e. The van der Waals surface area contributed by atoms with Crippen molar-refractivity contribution >= 4 is 43.5 Å². The van der Waals surface area contributed by atoms with Gasteiger partial charge in [0.1, 0.15) is 23.0 Å². The standard InChI is InChI=1S/C33H28F2N4O5S/c1-5-45(42,43)37-26-16-29-24(30(32(40)36-2)31(44-29)18-9-11-20(34)12-10-18)14-21(26)19-13-23(33(41)38(3)17-19)28-15-22-25(35)7-6-8-27(22)39(28)4/h6-17,37H,5H2,1-4H3,(H,36,40). The van der Waals surface area contributed by atoms with E-state index >= 15 is 0 Å². The molecule has 0 spiro atoms. The molecule has 0 aliphatic rings. The zero-order chi connectivity index (χ0) is 32.2. The topological polar surface area (TPSA) is 115 Å². The summed E-state index contributed by atoms with van der Waals surface area (Å²) >= 11 is 0. The van der Waals surface area contributed by atoms with Crippen LogP contribution in [0.25, 0.3) is 55.6 Å². The Morgan fingerprint density at radius 1 is 0.933 bits per heavy atom. The number of aromatic nitrogens is 2. The summed E-state index contributed by atoms with van der Waals surface area (Å²) in [6.45, 7) is 1.49. The predicted octanol–water partition coefficient (Wildman–Crippen LogP) is 6.02. The number of amides is 1. The minimum Gasteiger partial charge on any atom is -0.455 e. The van der Waals surface area contributed by atoms with Crippen LogP contribution in [-0.2, 0) is 24.1 Å². The average molecular weight is 631 g/mol. The van der Waals surface area contributed by atoms with Crippen LogP contribution in [0.3, 0.4) is 0 Å². The molecule has 9 nitrogen and oxygen atoms in total. The van der Waals surface area contributed by atoms with Crippen LogP contribution in [0, 0.1) is 11.6 Å². The third-order valence-electron chi connectivity index (χ3n) is 7.84. The molecule has 3 aromatic carbocycles. The van der Waals surface area contributed by atoms with Gasteiger partial charge in [-0.15, -0.1) is 0 Å². The van der Waals surface area contributed by atoms with E-state index in [9.17, 15) is 26.8 Å². The van der Waals surface area contributed by atoms with Crippen molar-refractivity contribution in [3.8, 4) is 33.7 Å². The fraction of sp³-hybridized carbons (Fsp3) is 0.152. The lowest BCUT2D eigenvalue weighted by molar-refractivity contribution is 0.0964. The molecule has 0 fully saturated rings. The van der Waals surface area contributed by atoms with Crippen molar-refractivity contribution in [3.63, 3.8) is 0 Å². The number of hydrogen-bond acceptors (Lipinski definition) is 5. The van der Waals surface area contributed by atoms with Crippen LogP contribution >= 0.6 is 0 Å². The summed E-state index contributed by atoms with van der Waals surface area (Å²) in [5, 5.41) is 3.32. The van der Waals surface area contributed by atoms with Gasteiger partial charge in [0.05, 0.1) is 33.8 Å². The fourth-order valence-corrected chi connectivity index (χ4v) is 6.13. The molecular weight excluding hydrogens is 602 g/mol. The van der Waals surface area contributed by atoms with Crippen molar-refractivity contribution in [1.82, 2.24) is 14.5 Å². The van der Waals surface area contributed by atoms with Crippen molar-refractivity contribution in [2.75, 3.05) is 17.5 Å². The van der Waals surface area contributed by atoms with E-state index in [0.717, 1.165) is 0 Å². The van der Waals surface area contributed by atoms with Crippen LogP contribution in [0.15, 0.2) is 82.1 Å². The van der Waals surface area contributed by atoms with Gasteiger partial charge in [-0.25, -0.2) is 17.2 Å². The molecule has 3 heterocycles. The number of fused-ring (bicyclic) bond motifs is 2. The Morgan fingerprint density at radius 2 is 1.67 bits per heavy atom. The first-order chi connectivity index (χ1) is 21.4. The van der Waals surface area contributed by atoms with Gasteiger partial charge in [-0.2, -0.15) is 0 Å². The largest absolute Gasteiger partial charge is 0.455 e. The van der Waals surface area contributed by atoms with Crippen LogP contribution in [0.2, 0.25) is 0 Å². The Morgan fingerprint density at radius 3 is 2.33 bits per heavy atom. The SMILES string of the molecule is CCS(=O)(=O)Nc1cc2oc(-c3ccc(F)cc3)c(C(=O)NC)c2cc1-c1cc(-c2cc3c(F)cccc3n2C)c(=O)n(C)c1. The van der Waals surface area contributed by atoms with Crippen LogP contribution in [-0.4, -0.2) is 36.3 Å². The summed E-state index contributed by atoms with van der Waals surface area (Å²) in [5.41, 5.74) is 2.73. The molecule has 6 aromatic rings. The molecule has 0 aliphatic heterocycles. The molecule has 0 bridgehead atoms. The number of anilines is 1. The molecule has 0 unspecified atom stereocenters. The van der Waals surface area contributed by atoms with Crippen molar-refractivity contribution in [2.45, 2.75) is 6.92 Å². The van der Waals surface area contributed by atoms with Gasteiger partial charge >= 0.3 is 0 Å². The number of rotatable bonds is 7. The lowest BCUT2D eigenvalue weighted by Crippen LogP contribution is -2.20. The minimum absolute atomic E-state index is 0.153. The molecular formula is C33H28F2N4O5S. The van der Waals surface area contributed by atoms with Crippen molar-refractivity contribution in [2.24, 2.45) is 14.1 Å². The molecule has 3 aromatic heterocycles. The lowest BCUT2D eigenvalue weighted by atomic mass is 9.98. The second-order valence-corrected chi connectivity index (χ2v) is 12.6. The Balaban J connectivity index is 1.65. The van der Waals surface area contributed by atoms with Gasteiger partial charge in [-0.3, -0.25) is 14.3 Å². The Labute approximate surface area is 256 Å². The highest BCUT2D eigenvalue weighted by Crippen LogP contribution is 2.41. The first-order valence-electron chi connectivity index (χ1n) is 14.0. The molecule has 0 atom stereocenters. The van der Waals surface area contributed by atoms with E-state index < -0.39 is 27.6 Å². The van der Waals surface area contributed by atoms with Gasteiger partial charge in [0.25, 0.3) is 11.5 Å². The monoisotopic (exact) mass is 630 g/mol. The maximum atomic E-state index is 14.7. The van der Waals surface area contributed by atoms with E-state index in [4.69, 9.17) is 4.42 Å². The molecule has 0 radical (unpaired) electrons. The molecule has 6 rings (SSSR count). The highest BCUT2D eigenvalue weighted by molar-refractivity contribution is 7.92. The van der Waals surface area contributed by atoms with Gasteiger partial charge in [0, 0.05) is 60.9 Å². The van der Waals surface area contributed by atoms with E-state index in [2.05, 4.69) is 10.0 Å². The fourth-order valence-electron chi connectivity index (χ4n) is 5.49. The quantitative estimate of drug-likeness (QED) is 0.224. The summed E-state index contributed by atoms with van der Waals surface area (Å²) in [7, 11) is 0.968. The molecule has 2 N–H and O–H groups in total. The third kappa shape index (κ3) is 5.16. The Kier molecular flexibility index (Phi) is 7.32. The summed E-state index contributed by atoms with van der Waals surface area (Å²) in [6.07, 6.45) is 1.56. The molecule has 45 heavy (non-hydrogen) atoms. The van der Waals surface area contributed by atoms with Crippen molar-refractivity contribution < 1.29 is 26.4 Å². The number of hydrogen-bond donors (Lipinski definition) is 2.